The Hall–Kier alpha value is -4.03. The first-order valence-corrected chi connectivity index (χ1v) is 13.2. The minimum atomic E-state index is -0.153. The van der Waals surface area contributed by atoms with Crippen LogP contribution in [0.1, 0.15) is 18.7 Å². The van der Waals surface area contributed by atoms with E-state index in [2.05, 4.69) is 40.2 Å². The molecule has 1 amide bonds. The quantitative estimate of drug-likeness (QED) is 0.190. The Balaban J connectivity index is 1.11. The molecular formula is C31H30ClN3O3. The molecule has 0 atom stereocenters. The largest absolute Gasteiger partial charge is 0.494 e. The van der Waals surface area contributed by atoms with Crippen LogP contribution in [0.25, 0.3) is 21.8 Å². The Labute approximate surface area is 227 Å². The molecule has 38 heavy (non-hydrogen) atoms. The molecule has 0 aliphatic rings. The minimum Gasteiger partial charge on any atom is -0.494 e. The molecular weight excluding hydrogens is 498 g/mol. The smallest absolute Gasteiger partial charge is 0.257 e. The van der Waals surface area contributed by atoms with Gasteiger partial charge < -0.3 is 19.4 Å². The maximum absolute atomic E-state index is 12.2. The first-order valence-electron chi connectivity index (χ1n) is 12.9. The van der Waals surface area contributed by atoms with Gasteiger partial charge in [-0.25, -0.2) is 4.98 Å². The second kappa shape index (κ2) is 12.5. The Kier molecular flexibility index (Phi) is 8.41. The maximum atomic E-state index is 12.2. The summed E-state index contributed by atoms with van der Waals surface area (Å²) < 4.78 is 13.8. The summed E-state index contributed by atoms with van der Waals surface area (Å²) in [5, 5.41) is 5.94. The lowest BCUT2D eigenvalue weighted by Gasteiger charge is -2.11. The number of carbonyl (C=O) groups excluding carboxylic acids is 1. The van der Waals surface area contributed by atoms with Crippen molar-refractivity contribution in [2.45, 2.75) is 25.8 Å². The number of hydrogen-bond acceptors (Lipinski definition) is 4. The van der Waals surface area contributed by atoms with Gasteiger partial charge in [0.2, 0.25) is 0 Å². The first kappa shape index (κ1) is 25.6. The summed E-state index contributed by atoms with van der Waals surface area (Å²) in [5.74, 6) is 2.36. The molecule has 7 heteroatoms. The highest BCUT2D eigenvalue weighted by Crippen LogP contribution is 2.22. The summed E-state index contributed by atoms with van der Waals surface area (Å²) in [4.78, 5) is 17.0. The Morgan fingerprint density at radius 3 is 2.47 bits per heavy atom. The number of carbonyl (C=O) groups is 1. The average Bonchev–Trinajstić information content (AvgIpc) is 3.30. The van der Waals surface area contributed by atoms with Crippen LogP contribution in [0.5, 0.6) is 11.5 Å². The zero-order valence-corrected chi connectivity index (χ0v) is 21.9. The van der Waals surface area contributed by atoms with Gasteiger partial charge >= 0.3 is 0 Å². The van der Waals surface area contributed by atoms with E-state index < -0.39 is 0 Å². The van der Waals surface area contributed by atoms with Crippen molar-refractivity contribution >= 4 is 39.3 Å². The Morgan fingerprint density at radius 2 is 1.61 bits per heavy atom. The van der Waals surface area contributed by atoms with Crippen molar-refractivity contribution < 1.29 is 14.3 Å². The van der Waals surface area contributed by atoms with Gasteiger partial charge in [-0.1, -0.05) is 54.1 Å². The molecule has 1 N–H and O–H groups in total. The van der Waals surface area contributed by atoms with Gasteiger partial charge in [0.1, 0.15) is 17.3 Å². The predicted molar refractivity (Wildman–Crippen MR) is 152 cm³/mol. The van der Waals surface area contributed by atoms with Crippen LogP contribution >= 0.6 is 11.6 Å². The van der Waals surface area contributed by atoms with Crippen LogP contribution in [0.4, 0.5) is 0 Å². The fraction of sp³-hybridized carbons (Fsp3) is 0.226. The molecule has 194 valence electrons. The molecule has 5 aromatic rings. The number of imidazole rings is 1. The van der Waals surface area contributed by atoms with Crippen LogP contribution in [0.15, 0.2) is 91.0 Å². The standard InChI is InChI=1S/C31H30ClN3O3/c32-25-13-16-26(17-14-25)38-22-31(36)33-18-5-11-30-34-28-9-3-4-10-29(28)35(30)19-6-20-37-27-15-12-23-7-1-2-8-24(23)21-27/h1-4,7-10,12-17,21H,5-6,11,18-20,22H2,(H,33,36). The second-order valence-electron chi connectivity index (χ2n) is 9.08. The van der Waals surface area contributed by atoms with Gasteiger partial charge in [-0.05, 0) is 72.1 Å². The molecule has 0 spiro atoms. The van der Waals surface area contributed by atoms with Crippen LogP contribution in [0, 0.1) is 0 Å². The molecule has 0 bridgehead atoms. The van der Waals surface area contributed by atoms with E-state index in [1.807, 2.05) is 36.4 Å². The van der Waals surface area contributed by atoms with Crippen LogP contribution < -0.4 is 14.8 Å². The van der Waals surface area contributed by atoms with Gasteiger partial charge in [0, 0.05) is 24.5 Å². The molecule has 1 heterocycles. The summed E-state index contributed by atoms with van der Waals surface area (Å²) in [5.41, 5.74) is 2.10. The topological polar surface area (TPSA) is 65.4 Å². The molecule has 0 radical (unpaired) electrons. The predicted octanol–water partition coefficient (Wildman–Crippen LogP) is 6.44. The molecule has 5 rings (SSSR count). The van der Waals surface area contributed by atoms with E-state index in [-0.39, 0.29) is 12.5 Å². The molecule has 0 aliphatic carbocycles. The van der Waals surface area contributed by atoms with Gasteiger partial charge in [-0.2, -0.15) is 0 Å². The number of rotatable bonds is 12. The zero-order chi connectivity index (χ0) is 26.2. The molecule has 0 saturated heterocycles. The van der Waals surface area contributed by atoms with E-state index in [9.17, 15) is 4.79 Å². The van der Waals surface area contributed by atoms with Gasteiger partial charge in [-0.3, -0.25) is 4.79 Å². The van der Waals surface area contributed by atoms with Crippen molar-refractivity contribution in [1.29, 1.82) is 0 Å². The first-order chi connectivity index (χ1) is 18.7. The second-order valence-corrected chi connectivity index (χ2v) is 9.51. The number of aryl methyl sites for hydroxylation is 2. The molecule has 0 aliphatic heterocycles. The molecule has 4 aromatic carbocycles. The van der Waals surface area contributed by atoms with Crippen molar-refractivity contribution in [3.63, 3.8) is 0 Å². The van der Waals surface area contributed by atoms with Crippen molar-refractivity contribution in [2.24, 2.45) is 0 Å². The Morgan fingerprint density at radius 1 is 0.842 bits per heavy atom. The van der Waals surface area contributed by atoms with Gasteiger partial charge in [0.25, 0.3) is 5.91 Å². The number of para-hydroxylation sites is 2. The van der Waals surface area contributed by atoms with Gasteiger partial charge in [0.15, 0.2) is 6.61 Å². The van der Waals surface area contributed by atoms with Gasteiger partial charge in [0.05, 0.1) is 17.6 Å². The van der Waals surface area contributed by atoms with E-state index in [4.69, 9.17) is 26.1 Å². The lowest BCUT2D eigenvalue weighted by molar-refractivity contribution is -0.123. The SMILES string of the molecule is O=C(COc1ccc(Cl)cc1)NCCCc1nc2ccccc2n1CCCOc1ccc2ccccc2c1. The number of hydrogen-bond donors (Lipinski definition) is 1. The van der Waals surface area contributed by atoms with Crippen LogP contribution in [-0.2, 0) is 17.8 Å². The average molecular weight is 528 g/mol. The lowest BCUT2D eigenvalue weighted by Crippen LogP contribution is -2.30. The summed E-state index contributed by atoms with van der Waals surface area (Å²) in [6.45, 7) is 1.95. The highest BCUT2D eigenvalue weighted by atomic mass is 35.5. The number of ether oxygens (including phenoxy) is 2. The van der Waals surface area contributed by atoms with Crippen molar-refractivity contribution in [3.8, 4) is 11.5 Å². The molecule has 1 aromatic heterocycles. The normalized spacial score (nSPS) is 11.1. The monoisotopic (exact) mass is 527 g/mol. The van der Waals surface area contributed by atoms with Gasteiger partial charge in [-0.15, -0.1) is 0 Å². The number of halogens is 1. The van der Waals surface area contributed by atoms with E-state index in [1.54, 1.807) is 24.3 Å². The van der Waals surface area contributed by atoms with Crippen LogP contribution in [-0.4, -0.2) is 35.2 Å². The number of nitrogens with zero attached hydrogens (tertiary/aromatic N) is 2. The number of benzene rings is 4. The number of aromatic nitrogens is 2. The number of fused-ring (bicyclic) bond motifs is 2. The third kappa shape index (κ3) is 6.64. The summed E-state index contributed by atoms with van der Waals surface area (Å²) >= 11 is 5.88. The van der Waals surface area contributed by atoms with E-state index in [0.29, 0.717) is 23.9 Å². The lowest BCUT2D eigenvalue weighted by atomic mass is 10.1. The highest BCUT2D eigenvalue weighted by Gasteiger charge is 2.11. The van der Waals surface area contributed by atoms with E-state index in [0.717, 1.165) is 48.4 Å². The van der Waals surface area contributed by atoms with E-state index >= 15 is 0 Å². The van der Waals surface area contributed by atoms with E-state index in [1.165, 1.54) is 10.8 Å². The Bertz CT molecular complexity index is 1510. The molecule has 0 fully saturated rings. The minimum absolute atomic E-state index is 0.0304. The molecule has 6 nitrogen and oxygen atoms in total. The zero-order valence-electron chi connectivity index (χ0n) is 21.1. The summed E-state index contributed by atoms with van der Waals surface area (Å²) in [7, 11) is 0. The summed E-state index contributed by atoms with van der Waals surface area (Å²) in [6, 6.07) is 29.6. The third-order valence-electron chi connectivity index (χ3n) is 6.33. The highest BCUT2D eigenvalue weighted by molar-refractivity contribution is 6.30. The fourth-order valence-corrected chi connectivity index (χ4v) is 4.57. The number of nitrogens with one attached hydrogen (secondary N) is 1. The number of amides is 1. The van der Waals surface area contributed by atoms with Crippen LogP contribution in [0.3, 0.4) is 0 Å². The van der Waals surface area contributed by atoms with Crippen molar-refractivity contribution in [3.05, 3.63) is 102 Å². The van der Waals surface area contributed by atoms with Crippen molar-refractivity contribution in [1.82, 2.24) is 14.9 Å². The van der Waals surface area contributed by atoms with Crippen LogP contribution in [0.2, 0.25) is 5.02 Å². The molecule has 0 unspecified atom stereocenters. The third-order valence-corrected chi connectivity index (χ3v) is 6.58. The van der Waals surface area contributed by atoms with Crippen molar-refractivity contribution in [2.75, 3.05) is 19.8 Å². The summed E-state index contributed by atoms with van der Waals surface area (Å²) in [6.07, 6.45) is 2.40. The maximum Gasteiger partial charge on any atom is 0.257 e. The fourth-order valence-electron chi connectivity index (χ4n) is 4.44. The molecule has 0 saturated carbocycles.